The largest absolute Gasteiger partial charge is 0.545 e. The molecule has 0 radical (unpaired) electrons. The van der Waals surface area contributed by atoms with Gasteiger partial charge in [0.1, 0.15) is 5.75 Å². The molecule has 0 unspecified atom stereocenters. The highest BCUT2D eigenvalue weighted by Crippen LogP contribution is 2.24. The van der Waals surface area contributed by atoms with Crippen LogP contribution in [0.2, 0.25) is 0 Å². The Kier molecular flexibility index (Phi) is 4.87. The maximum absolute atomic E-state index is 12.1. The molecule has 0 fully saturated rings. The molecule has 118 valence electrons. The van der Waals surface area contributed by atoms with Crippen LogP contribution in [0.15, 0.2) is 12.1 Å². The second kappa shape index (κ2) is 6.25. The molecule has 0 aliphatic heterocycles. The Hall–Kier alpha value is -2.90. The summed E-state index contributed by atoms with van der Waals surface area (Å²) in [6.45, 7) is 5.08. The van der Waals surface area contributed by atoms with Crippen LogP contribution >= 0.6 is 0 Å². The highest BCUT2D eigenvalue weighted by atomic mass is 16.5. The first kappa shape index (κ1) is 17.2. The molecule has 1 rings (SSSR count). The van der Waals surface area contributed by atoms with Crippen LogP contribution in [0.1, 0.15) is 51.8 Å². The Labute approximate surface area is 125 Å². The summed E-state index contributed by atoms with van der Waals surface area (Å²) < 4.78 is 4.58. The molecule has 1 amide bonds. The van der Waals surface area contributed by atoms with Gasteiger partial charge in [0.05, 0.1) is 17.1 Å². The normalized spacial score (nSPS) is 10.7. The fourth-order valence-electron chi connectivity index (χ4n) is 1.66. The third-order valence-corrected chi connectivity index (χ3v) is 2.48. The van der Waals surface area contributed by atoms with Gasteiger partial charge in [-0.2, -0.15) is 0 Å². The summed E-state index contributed by atoms with van der Waals surface area (Å²) in [5.41, 5.74) is -2.26. The molecule has 8 nitrogen and oxygen atoms in total. The first-order valence-corrected chi connectivity index (χ1v) is 6.12. The lowest BCUT2D eigenvalue weighted by atomic mass is 10.0. The summed E-state index contributed by atoms with van der Waals surface area (Å²) >= 11 is 0. The smallest absolute Gasteiger partial charge is 0.336 e. The lowest BCUT2D eigenvalue weighted by molar-refractivity contribution is -0.255. The summed E-state index contributed by atoms with van der Waals surface area (Å²) in [5.74, 6) is -4.40. The van der Waals surface area contributed by atoms with Gasteiger partial charge in [-0.25, -0.2) is 4.79 Å². The Morgan fingerprint density at radius 1 is 1.18 bits per heavy atom. The van der Waals surface area contributed by atoms with E-state index in [9.17, 15) is 24.3 Å². The van der Waals surface area contributed by atoms with Gasteiger partial charge in [-0.1, -0.05) is 0 Å². The summed E-state index contributed by atoms with van der Waals surface area (Å²) in [5, 5.41) is 22.6. The zero-order chi connectivity index (χ0) is 17.1. The fourth-order valence-corrected chi connectivity index (χ4v) is 1.66. The van der Waals surface area contributed by atoms with E-state index in [0.29, 0.717) is 0 Å². The van der Waals surface area contributed by atoms with Crippen molar-refractivity contribution in [1.29, 1.82) is 0 Å². The Morgan fingerprint density at radius 3 is 2.18 bits per heavy atom. The fraction of sp³-hybridized carbons (Fsp3) is 0.286. The van der Waals surface area contributed by atoms with Crippen molar-refractivity contribution in [2.24, 2.45) is 0 Å². The SMILES string of the molecule is CC(C)(C)NC(=O)c1cc(C(=O)[O-])c(C(=O)O)cc1OC=O. The molecule has 0 atom stereocenters. The minimum atomic E-state index is -1.76. The Bertz CT molecular complexity index is 643. The summed E-state index contributed by atoms with van der Waals surface area (Å²) in [7, 11) is 0. The van der Waals surface area contributed by atoms with Gasteiger partial charge >= 0.3 is 5.97 Å². The lowest BCUT2D eigenvalue weighted by Gasteiger charge is -2.22. The van der Waals surface area contributed by atoms with Crippen molar-refractivity contribution >= 4 is 24.3 Å². The number of carbonyl (C=O) groups excluding carboxylic acids is 3. The average Bonchev–Trinajstić information content (AvgIpc) is 2.35. The molecule has 0 saturated heterocycles. The van der Waals surface area contributed by atoms with E-state index in [2.05, 4.69) is 10.1 Å². The maximum Gasteiger partial charge on any atom is 0.336 e. The van der Waals surface area contributed by atoms with E-state index in [1.807, 2.05) is 0 Å². The molecule has 0 aromatic heterocycles. The van der Waals surface area contributed by atoms with Crippen LogP contribution in [0, 0.1) is 0 Å². The summed E-state index contributed by atoms with van der Waals surface area (Å²) in [4.78, 5) is 44.7. The number of carboxylic acid groups (broad SMARTS) is 2. The topological polar surface area (TPSA) is 133 Å². The minimum Gasteiger partial charge on any atom is -0.545 e. The highest BCUT2D eigenvalue weighted by molar-refractivity contribution is 6.06. The molecule has 1 aromatic rings. The van der Waals surface area contributed by atoms with Crippen LogP contribution < -0.4 is 15.2 Å². The van der Waals surface area contributed by atoms with E-state index in [1.165, 1.54) is 0 Å². The second-order valence-corrected chi connectivity index (χ2v) is 5.40. The molecule has 22 heavy (non-hydrogen) atoms. The number of carboxylic acids is 2. The quantitative estimate of drug-likeness (QED) is 0.720. The minimum absolute atomic E-state index is 0.00746. The summed E-state index contributed by atoms with van der Waals surface area (Å²) in [6.07, 6.45) is 0. The number of nitrogens with one attached hydrogen (secondary N) is 1. The predicted molar refractivity (Wildman–Crippen MR) is 71.6 cm³/mol. The standard InChI is InChI=1S/C14H15NO7/c1-14(2,3)15-11(17)9-4-7(12(18)19)8(13(20)21)5-10(9)22-6-16/h4-6H,1-3H3,(H,15,17)(H,18,19)(H,20,21)/p-1. The Morgan fingerprint density at radius 2 is 1.77 bits per heavy atom. The van der Waals surface area contributed by atoms with E-state index in [4.69, 9.17) is 5.11 Å². The van der Waals surface area contributed by atoms with Gasteiger partial charge < -0.3 is 25.1 Å². The Balaban J connectivity index is 3.50. The van der Waals surface area contributed by atoms with E-state index in [0.717, 1.165) is 12.1 Å². The van der Waals surface area contributed by atoms with Gasteiger partial charge in [-0.05, 0) is 32.9 Å². The molecule has 0 aliphatic rings. The molecule has 0 saturated carbocycles. The second-order valence-electron chi connectivity index (χ2n) is 5.40. The molecule has 8 heteroatoms. The average molecular weight is 308 g/mol. The third-order valence-electron chi connectivity index (χ3n) is 2.48. The number of rotatable bonds is 5. The maximum atomic E-state index is 12.1. The zero-order valence-electron chi connectivity index (χ0n) is 12.1. The first-order valence-electron chi connectivity index (χ1n) is 6.12. The molecule has 1 aromatic carbocycles. The van der Waals surface area contributed by atoms with Crippen LogP contribution in [0.5, 0.6) is 5.75 Å². The molecule has 0 bridgehead atoms. The van der Waals surface area contributed by atoms with Crippen molar-refractivity contribution in [3.63, 3.8) is 0 Å². The number of hydrogen-bond donors (Lipinski definition) is 2. The monoisotopic (exact) mass is 308 g/mol. The van der Waals surface area contributed by atoms with Crippen LogP contribution in [-0.4, -0.2) is 35.0 Å². The van der Waals surface area contributed by atoms with E-state index < -0.39 is 34.5 Å². The highest BCUT2D eigenvalue weighted by Gasteiger charge is 2.23. The number of ether oxygens (including phenoxy) is 1. The predicted octanol–water partition coefficient (Wildman–Crippen LogP) is -0.188. The number of hydrogen-bond acceptors (Lipinski definition) is 6. The van der Waals surface area contributed by atoms with E-state index in [1.54, 1.807) is 20.8 Å². The number of carbonyl (C=O) groups is 4. The van der Waals surface area contributed by atoms with Crippen LogP contribution in [-0.2, 0) is 4.79 Å². The molecule has 2 N–H and O–H groups in total. The van der Waals surface area contributed by atoms with E-state index >= 15 is 0 Å². The lowest BCUT2D eigenvalue weighted by Crippen LogP contribution is -2.41. The van der Waals surface area contributed by atoms with Crippen molar-refractivity contribution in [2.45, 2.75) is 26.3 Å². The van der Waals surface area contributed by atoms with Gasteiger partial charge in [-0.3, -0.25) is 9.59 Å². The van der Waals surface area contributed by atoms with Crippen molar-refractivity contribution in [3.8, 4) is 5.75 Å². The van der Waals surface area contributed by atoms with E-state index in [-0.39, 0.29) is 17.8 Å². The van der Waals surface area contributed by atoms with Gasteiger partial charge in [0.2, 0.25) is 0 Å². The number of benzene rings is 1. The van der Waals surface area contributed by atoms with Gasteiger partial charge in [0, 0.05) is 11.1 Å². The first-order chi connectivity index (χ1) is 10.1. The molecular formula is C14H14NO7-. The third kappa shape index (κ3) is 4.05. The van der Waals surface area contributed by atoms with Crippen LogP contribution in [0.25, 0.3) is 0 Å². The van der Waals surface area contributed by atoms with Gasteiger partial charge in [0.15, 0.2) is 0 Å². The van der Waals surface area contributed by atoms with Gasteiger partial charge in [0.25, 0.3) is 12.4 Å². The van der Waals surface area contributed by atoms with Crippen molar-refractivity contribution < 1.29 is 34.1 Å². The summed E-state index contributed by atoms with van der Waals surface area (Å²) in [6, 6.07) is 1.60. The van der Waals surface area contributed by atoms with Gasteiger partial charge in [-0.15, -0.1) is 0 Å². The number of aromatic carboxylic acids is 2. The van der Waals surface area contributed by atoms with Crippen molar-refractivity contribution in [2.75, 3.05) is 0 Å². The molecule has 0 aliphatic carbocycles. The number of amides is 1. The molecular weight excluding hydrogens is 294 g/mol. The molecule has 0 spiro atoms. The zero-order valence-corrected chi connectivity index (χ0v) is 12.1. The molecule has 0 heterocycles. The van der Waals surface area contributed by atoms with Crippen molar-refractivity contribution in [3.05, 3.63) is 28.8 Å². The van der Waals surface area contributed by atoms with Crippen LogP contribution in [0.3, 0.4) is 0 Å². The van der Waals surface area contributed by atoms with Crippen molar-refractivity contribution in [1.82, 2.24) is 5.32 Å². The van der Waals surface area contributed by atoms with Crippen LogP contribution in [0.4, 0.5) is 0 Å².